The minimum Gasteiger partial charge on any atom is -0.314 e. The van der Waals surface area contributed by atoms with E-state index in [2.05, 4.69) is 20.8 Å². The molecule has 0 saturated carbocycles. The second kappa shape index (κ2) is 6.61. The molecular formula is C14H29NO. The Hall–Kier alpha value is -0.0800. The van der Waals surface area contributed by atoms with E-state index in [1.54, 1.807) is 0 Å². The SMILES string of the molecule is CCCCCC(C)(CC)C1CCN(O)CC1. The van der Waals surface area contributed by atoms with Crippen LogP contribution in [0.3, 0.4) is 0 Å². The highest BCUT2D eigenvalue weighted by molar-refractivity contribution is 4.84. The fraction of sp³-hybridized carbons (Fsp3) is 1.00. The molecule has 0 bridgehead atoms. The summed E-state index contributed by atoms with van der Waals surface area (Å²) in [5.41, 5.74) is 0.510. The summed E-state index contributed by atoms with van der Waals surface area (Å²) in [5, 5.41) is 10.9. The van der Waals surface area contributed by atoms with E-state index in [1.165, 1.54) is 50.0 Å². The van der Waals surface area contributed by atoms with Crippen LogP contribution in [0.5, 0.6) is 0 Å². The van der Waals surface area contributed by atoms with Crippen LogP contribution < -0.4 is 0 Å². The number of unbranched alkanes of at least 4 members (excludes halogenated alkanes) is 2. The highest BCUT2D eigenvalue weighted by atomic mass is 16.5. The molecule has 1 atom stereocenters. The second-order valence-electron chi connectivity index (χ2n) is 5.69. The van der Waals surface area contributed by atoms with Gasteiger partial charge in [0.05, 0.1) is 0 Å². The summed E-state index contributed by atoms with van der Waals surface area (Å²) in [6.07, 6.45) is 9.06. The molecule has 0 radical (unpaired) electrons. The first-order valence-corrected chi connectivity index (χ1v) is 7.06. The molecule has 1 unspecified atom stereocenters. The molecule has 0 aromatic rings. The minimum absolute atomic E-state index is 0.510. The minimum atomic E-state index is 0.510. The lowest BCUT2D eigenvalue weighted by atomic mass is 9.68. The lowest BCUT2D eigenvalue weighted by Crippen LogP contribution is -2.38. The van der Waals surface area contributed by atoms with Crippen molar-refractivity contribution in [2.75, 3.05) is 13.1 Å². The summed E-state index contributed by atoms with van der Waals surface area (Å²) in [4.78, 5) is 0. The Kier molecular flexibility index (Phi) is 5.77. The van der Waals surface area contributed by atoms with Crippen molar-refractivity contribution in [3.05, 3.63) is 0 Å². The normalized spacial score (nSPS) is 23.2. The van der Waals surface area contributed by atoms with E-state index in [-0.39, 0.29) is 0 Å². The van der Waals surface area contributed by atoms with Crippen molar-refractivity contribution in [3.8, 4) is 0 Å². The third kappa shape index (κ3) is 3.74. The Bertz CT molecular complexity index is 187. The zero-order chi connectivity index (χ0) is 12.0. The Labute approximate surface area is 101 Å². The lowest BCUT2D eigenvalue weighted by molar-refractivity contribution is -0.122. The molecule has 1 aliphatic rings. The highest BCUT2D eigenvalue weighted by Crippen LogP contribution is 2.41. The molecule has 1 heterocycles. The second-order valence-corrected chi connectivity index (χ2v) is 5.69. The molecule has 1 rings (SSSR count). The summed E-state index contributed by atoms with van der Waals surface area (Å²) in [5.74, 6) is 0.817. The number of hydrogen-bond donors (Lipinski definition) is 1. The Morgan fingerprint density at radius 3 is 2.31 bits per heavy atom. The van der Waals surface area contributed by atoms with Gasteiger partial charge in [-0.3, -0.25) is 0 Å². The van der Waals surface area contributed by atoms with E-state index in [1.807, 2.05) is 0 Å². The smallest absolute Gasteiger partial charge is 0.0241 e. The molecule has 0 spiro atoms. The molecule has 96 valence electrons. The summed E-state index contributed by atoms with van der Waals surface area (Å²) in [7, 11) is 0. The van der Waals surface area contributed by atoms with Crippen LogP contribution in [0.1, 0.15) is 65.7 Å². The van der Waals surface area contributed by atoms with Crippen LogP contribution in [0.25, 0.3) is 0 Å². The average molecular weight is 227 g/mol. The molecule has 16 heavy (non-hydrogen) atoms. The van der Waals surface area contributed by atoms with E-state index in [4.69, 9.17) is 0 Å². The lowest BCUT2D eigenvalue weighted by Gasteiger charge is -2.41. The van der Waals surface area contributed by atoms with Crippen LogP contribution in [0.4, 0.5) is 0 Å². The van der Waals surface area contributed by atoms with Crippen LogP contribution in [-0.2, 0) is 0 Å². The topological polar surface area (TPSA) is 23.5 Å². The van der Waals surface area contributed by atoms with Crippen molar-refractivity contribution in [1.29, 1.82) is 0 Å². The van der Waals surface area contributed by atoms with Crippen molar-refractivity contribution < 1.29 is 5.21 Å². The Morgan fingerprint density at radius 1 is 1.19 bits per heavy atom. The average Bonchev–Trinajstić information content (AvgIpc) is 2.30. The maximum Gasteiger partial charge on any atom is 0.0241 e. The van der Waals surface area contributed by atoms with Crippen LogP contribution in [-0.4, -0.2) is 23.4 Å². The molecule has 2 nitrogen and oxygen atoms in total. The van der Waals surface area contributed by atoms with Crippen LogP contribution in [0.15, 0.2) is 0 Å². The molecule has 0 aliphatic carbocycles. The number of hydrogen-bond acceptors (Lipinski definition) is 2. The van der Waals surface area contributed by atoms with Crippen LogP contribution in [0, 0.1) is 11.3 Å². The molecular weight excluding hydrogens is 198 g/mol. The number of nitrogens with zero attached hydrogens (tertiary/aromatic N) is 1. The monoisotopic (exact) mass is 227 g/mol. The van der Waals surface area contributed by atoms with Gasteiger partial charge in [-0.05, 0) is 30.6 Å². The Balaban J connectivity index is 2.44. The standard InChI is InChI=1S/C14H29NO/c1-4-6-7-10-14(3,5-2)13-8-11-15(16)12-9-13/h13,16H,4-12H2,1-3H3. The zero-order valence-electron chi connectivity index (χ0n) is 11.3. The maximum atomic E-state index is 9.41. The number of rotatable bonds is 6. The van der Waals surface area contributed by atoms with Crippen LogP contribution >= 0.6 is 0 Å². The number of hydroxylamine groups is 2. The summed E-state index contributed by atoms with van der Waals surface area (Å²) < 4.78 is 0. The quantitative estimate of drug-likeness (QED) is 0.691. The van der Waals surface area contributed by atoms with E-state index >= 15 is 0 Å². The molecule has 1 N–H and O–H groups in total. The predicted octanol–water partition coefficient (Wildman–Crippen LogP) is 4.08. The molecule has 0 amide bonds. The fourth-order valence-corrected chi connectivity index (χ4v) is 3.01. The van der Waals surface area contributed by atoms with Crippen molar-refractivity contribution in [2.45, 2.75) is 65.7 Å². The van der Waals surface area contributed by atoms with Gasteiger partial charge in [0.15, 0.2) is 0 Å². The zero-order valence-corrected chi connectivity index (χ0v) is 11.3. The van der Waals surface area contributed by atoms with Crippen LogP contribution in [0.2, 0.25) is 0 Å². The van der Waals surface area contributed by atoms with E-state index in [9.17, 15) is 5.21 Å². The summed E-state index contributed by atoms with van der Waals surface area (Å²) >= 11 is 0. The first-order chi connectivity index (χ1) is 7.62. The molecule has 1 aliphatic heterocycles. The van der Waals surface area contributed by atoms with Gasteiger partial charge >= 0.3 is 0 Å². The van der Waals surface area contributed by atoms with Gasteiger partial charge in [-0.15, -0.1) is 0 Å². The van der Waals surface area contributed by atoms with Gasteiger partial charge in [-0.2, -0.15) is 5.06 Å². The maximum absolute atomic E-state index is 9.41. The molecule has 0 aromatic carbocycles. The third-order valence-electron chi connectivity index (χ3n) is 4.62. The third-order valence-corrected chi connectivity index (χ3v) is 4.62. The first-order valence-electron chi connectivity index (χ1n) is 7.06. The van der Waals surface area contributed by atoms with Gasteiger partial charge < -0.3 is 5.21 Å². The van der Waals surface area contributed by atoms with Gasteiger partial charge in [0.25, 0.3) is 0 Å². The molecule has 2 heteroatoms. The first kappa shape index (κ1) is 14.0. The summed E-state index contributed by atoms with van der Waals surface area (Å²) in [6.45, 7) is 8.80. The van der Waals surface area contributed by atoms with Crippen molar-refractivity contribution >= 4 is 0 Å². The van der Waals surface area contributed by atoms with Crippen molar-refractivity contribution in [2.24, 2.45) is 11.3 Å². The largest absolute Gasteiger partial charge is 0.314 e. The molecule has 0 aromatic heterocycles. The predicted molar refractivity (Wildman–Crippen MR) is 68.6 cm³/mol. The van der Waals surface area contributed by atoms with Crippen molar-refractivity contribution in [3.63, 3.8) is 0 Å². The van der Waals surface area contributed by atoms with E-state index in [0.717, 1.165) is 19.0 Å². The molecule has 1 fully saturated rings. The highest BCUT2D eigenvalue weighted by Gasteiger charge is 2.34. The summed E-state index contributed by atoms with van der Waals surface area (Å²) in [6, 6.07) is 0. The van der Waals surface area contributed by atoms with Crippen molar-refractivity contribution in [1.82, 2.24) is 5.06 Å². The van der Waals surface area contributed by atoms with E-state index in [0.29, 0.717) is 5.41 Å². The number of piperidine rings is 1. The Morgan fingerprint density at radius 2 is 1.81 bits per heavy atom. The van der Waals surface area contributed by atoms with Gasteiger partial charge in [0.1, 0.15) is 0 Å². The molecule has 1 saturated heterocycles. The van der Waals surface area contributed by atoms with Gasteiger partial charge in [-0.1, -0.05) is 46.5 Å². The van der Waals surface area contributed by atoms with E-state index < -0.39 is 0 Å². The van der Waals surface area contributed by atoms with Gasteiger partial charge in [0, 0.05) is 13.1 Å². The van der Waals surface area contributed by atoms with Gasteiger partial charge in [0.2, 0.25) is 0 Å². The van der Waals surface area contributed by atoms with Gasteiger partial charge in [-0.25, -0.2) is 0 Å². The fourth-order valence-electron chi connectivity index (χ4n) is 3.01.